The SMILES string of the molecule is COc1cc(C(=O)OCC(=O)N(C)CC(=O)Nc2ccc(C)cc2)ccc1OCC(C)C. The normalized spacial score (nSPS) is 10.4. The van der Waals surface area contributed by atoms with E-state index in [9.17, 15) is 14.4 Å². The molecule has 0 spiro atoms. The highest BCUT2D eigenvalue weighted by Crippen LogP contribution is 2.28. The molecule has 2 rings (SSSR count). The standard InChI is InChI=1S/C24H30N2O6/c1-16(2)14-31-20-11-8-18(12-21(20)30-5)24(29)32-15-23(28)26(4)13-22(27)25-19-9-6-17(3)7-10-19/h6-12,16H,13-15H2,1-5H3,(H,25,27). The molecule has 0 aliphatic carbocycles. The number of benzene rings is 2. The lowest BCUT2D eigenvalue weighted by molar-refractivity contribution is -0.136. The minimum Gasteiger partial charge on any atom is -0.493 e. The number of rotatable bonds is 10. The Morgan fingerprint density at radius 2 is 1.72 bits per heavy atom. The number of carbonyl (C=O) groups is 3. The summed E-state index contributed by atoms with van der Waals surface area (Å²) in [5.74, 6) is -0.264. The Morgan fingerprint density at radius 3 is 2.34 bits per heavy atom. The van der Waals surface area contributed by atoms with Crippen molar-refractivity contribution < 1.29 is 28.6 Å². The van der Waals surface area contributed by atoms with Crippen LogP contribution in [0.4, 0.5) is 5.69 Å². The van der Waals surface area contributed by atoms with Gasteiger partial charge in [-0.2, -0.15) is 0 Å². The van der Waals surface area contributed by atoms with Gasteiger partial charge in [0, 0.05) is 12.7 Å². The lowest BCUT2D eigenvalue weighted by atomic mass is 10.2. The van der Waals surface area contributed by atoms with Crippen molar-refractivity contribution in [2.45, 2.75) is 20.8 Å². The van der Waals surface area contributed by atoms with E-state index in [4.69, 9.17) is 14.2 Å². The van der Waals surface area contributed by atoms with Crippen molar-refractivity contribution in [2.24, 2.45) is 5.92 Å². The quantitative estimate of drug-likeness (QED) is 0.568. The van der Waals surface area contributed by atoms with Crippen LogP contribution in [0.25, 0.3) is 0 Å². The number of nitrogens with one attached hydrogen (secondary N) is 1. The van der Waals surface area contributed by atoms with Crippen molar-refractivity contribution in [3.05, 3.63) is 53.6 Å². The molecule has 8 heteroatoms. The van der Waals surface area contributed by atoms with E-state index in [1.165, 1.54) is 25.1 Å². The van der Waals surface area contributed by atoms with Gasteiger partial charge in [0.15, 0.2) is 18.1 Å². The van der Waals surface area contributed by atoms with Crippen LogP contribution in [0.1, 0.15) is 29.8 Å². The Bertz CT molecular complexity index is 940. The maximum Gasteiger partial charge on any atom is 0.338 e. The first-order valence-corrected chi connectivity index (χ1v) is 10.3. The summed E-state index contributed by atoms with van der Waals surface area (Å²) >= 11 is 0. The molecular formula is C24H30N2O6. The van der Waals surface area contributed by atoms with Gasteiger partial charge >= 0.3 is 5.97 Å². The Labute approximate surface area is 188 Å². The molecule has 0 radical (unpaired) electrons. The first kappa shape index (κ1) is 24.7. The van der Waals surface area contributed by atoms with Gasteiger partial charge in [-0.1, -0.05) is 31.5 Å². The van der Waals surface area contributed by atoms with Gasteiger partial charge in [0.2, 0.25) is 5.91 Å². The van der Waals surface area contributed by atoms with Crippen LogP contribution in [0.3, 0.4) is 0 Å². The van der Waals surface area contributed by atoms with Crippen molar-refractivity contribution in [3.63, 3.8) is 0 Å². The number of aryl methyl sites for hydroxylation is 1. The first-order valence-electron chi connectivity index (χ1n) is 10.3. The van der Waals surface area contributed by atoms with Crippen LogP contribution in [0.15, 0.2) is 42.5 Å². The summed E-state index contributed by atoms with van der Waals surface area (Å²) in [4.78, 5) is 37.9. The van der Waals surface area contributed by atoms with Crippen LogP contribution in [-0.2, 0) is 14.3 Å². The highest BCUT2D eigenvalue weighted by atomic mass is 16.5. The third kappa shape index (κ3) is 7.61. The van der Waals surface area contributed by atoms with Crippen LogP contribution in [0, 0.1) is 12.8 Å². The highest BCUT2D eigenvalue weighted by molar-refractivity contribution is 5.95. The predicted molar refractivity (Wildman–Crippen MR) is 121 cm³/mol. The van der Waals surface area contributed by atoms with Crippen LogP contribution < -0.4 is 14.8 Å². The summed E-state index contributed by atoms with van der Waals surface area (Å²) in [6, 6.07) is 12.0. The molecule has 0 aliphatic rings. The van der Waals surface area contributed by atoms with Crippen LogP contribution in [0.5, 0.6) is 11.5 Å². The largest absolute Gasteiger partial charge is 0.493 e. The van der Waals surface area contributed by atoms with Gasteiger partial charge in [0.05, 0.1) is 25.8 Å². The van der Waals surface area contributed by atoms with Crippen molar-refractivity contribution >= 4 is 23.5 Å². The van der Waals surface area contributed by atoms with E-state index in [0.29, 0.717) is 29.7 Å². The van der Waals surface area contributed by atoms with Gasteiger partial charge < -0.3 is 24.4 Å². The average molecular weight is 443 g/mol. The summed E-state index contributed by atoms with van der Waals surface area (Å²) in [5, 5.41) is 2.71. The molecule has 32 heavy (non-hydrogen) atoms. The minimum atomic E-state index is -0.676. The minimum absolute atomic E-state index is 0.167. The Hall–Kier alpha value is -3.55. The van der Waals surface area contributed by atoms with Crippen molar-refractivity contribution in [1.82, 2.24) is 4.90 Å². The molecule has 172 valence electrons. The molecule has 0 saturated carbocycles. The Morgan fingerprint density at radius 1 is 1.03 bits per heavy atom. The lowest BCUT2D eigenvalue weighted by Gasteiger charge is -2.17. The van der Waals surface area contributed by atoms with Crippen molar-refractivity contribution in [1.29, 1.82) is 0 Å². The smallest absolute Gasteiger partial charge is 0.338 e. The zero-order valence-corrected chi connectivity index (χ0v) is 19.1. The summed E-state index contributed by atoms with van der Waals surface area (Å²) in [6.07, 6.45) is 0. The number of hydrogen-bond acceptors (Lipinski definition) is 6. The zero-order chi connectivity index (χ0) is 23.7. The van der Waals surface area contributed by atoms with Crippen molar-refractivity contribution in [2.75, 3.05) is 39.2 Å². The molecule has 0 aliphatic heterocycles. The molecule has 1 N–H and O–H groups in total. The number of amides is 2. The second-order valence-corrected chi connectivity index (χ2v) is 7.81. The predicted octanol–water partition coefficient (Wildman–Crippen LogP) is 3.29. The molecule has 2 aromatic carbocycles. The van der Waals surface area contributed by atoms with Crippen LogP contribution in [0.2, 0.25) is 0 Å². The molecule has 0 atom stereocenters. The molecule has 0 aromatic heterocycles. The van der Waals surface area contributed by atoms with Crippen LogP contribution in [-0.4, -0.2) is 56.6 Å². The van der Waals surface area contributed by atoms with Gasteiger partial charge in [-0.25, -0.2) is 4.79 Å². The number of ether oxygens (including phenoxy) is 3. The van der Waals surface area contributed by atoms with E-state index < -0.39 is 18.5 Å². The molecule has 0 saturated heterocycles. The molecule has 0 unspecified atom stereocenters. The summed E-state index contributed by atoms with van der Waals surface area (Å²) in [7, 11) is 2.95. The van der Waals surface area contributed by atoms with E-state index in [-0.39, 0.29) is 18.0 Å². The first-order chi connectivity index (χ1) is 15.2. The van der Waals surface area contributed by atoms with Gasteiger partial charge in [-0.15, -0.1) is 0 Å². The summed E-state index contributed by atoms with van der Waals surface area (Å²) in [6.45, 7) is 5.86. The van der Waals surface area contributed by atoms with Gasteiger partial charge in [-0.3, -0.25) is 9.59 Å². The van der Waals surface area contributed by atoms with E-state index in [1.54, 1.807) is 24.3 Å². The Kier molecular flexibility index (Phi) is 9.07. The number of nitrogens with zero attached hydrogens (tertiary/aromatic N) is 1. The van der Waals surface area contributed by atoms with E-state index in [2.05, 4.69) is 5.32 Å². The third-order valence-electron chi connectivity index (χ3n) is 4.44. The number of esters is 1. The molecule has 0 fully saturated rings. The summed E-state index contributed by atoms with van der Waals surface area (Å²) in [5.41, 5.74) is 1.95. The fraction of sp³-hybridized carbons (Fsp3) is 0.375. The molecule has 8 nitrogen and oxygen atoms in total. The fourth-order valence-corrected chi connectivity index (χ4v) is 2.63. The molecule has 0 heterocycles. The second kappa shape index (κ2) is 11.7. The highest BCUT2D eigenvalue weighted by Gasteiger charge is 2.17. The number of anilines is 1. The van der Waals surface area contributed by atoms with E-state index in [0.717, 1.165) is 5.56 Å². The topological polar surface area (TPSA) is 94.2 Å². The molecule has 2 aromatic rings. The van der Waals surface area contributed by atoms with Crippen LogP contribution >= 0.6 is 0 Å². The number of carbonyl (C=O) groups excluding carboxylic acids is 3. The lowest BCUT2D eigenvalue weighted by Crippen LogP contribution is -2.37. The summed E-state index contributed by atoms with van der Waals surface area (Å²) < 4.78 is 16.0. The maximum absolute atomic E-state index is 12.3. The Balaban J connectivity index is 1.86. The van der Waals surface area contributed by atoms with Gasteiger partial charge in [-0.05, 0) is 43.2 Å². The number of methoxy groups -OCH3 is 1. The molecule has 0 bridgehead atoms. The number of hydrogen-bond donors (Lipinski definition) is 1. The molecule has 2 amide bonds. The van der Waals surface area contributed by atoms with Gasteiger partial charge in [0.1, 0.15) is 0 Å². The fourth-order valence-electron chi connectivity index (χ4n) is 2.63. The molecular weight excluding hydrogens is 412 g/mol. The zero-order valence-electron chi connectivity index (χ0n) is 19.1. The van der Waals surface area contributed by atoms with Crippen molar-refractivity contribution in [3.8, 4) is 11.5 Å². The monoisotopic (exact) mass is 442 g/mol. The van der Waals surface area contributed by atoms with E-state index in [1.807, 2.05) is 32.9 Å². The maximum atomic E-state index is 12.3. The third-order valence-corrected chi connectivity index (χ3v) is 4.44. The van der Waals surface area contributed by atoms with Gasteiger partial charge in [0.25, 0.3) is 5.91 Å². The van der Waals surface area contributed by atoms with E-state index >= 15 is 0 Å². The number of likely N-dealkylation sites (N-methyl/N-ethyl adjacent to an activating group) is 1. The second-order valence-electron chi connectivity index (χ2n) is 7.81. The average Bonchev–Trinajstić information content (AvgIpc) is 2.76.